The number of hydrogen-bond acceptors (Lipinski definition) is 6. The molecular formula is C12H20N3O5PS. The molecule has 0 fully saturated rings. The lowest BCUT2D eigenvalue weighted by molar-refractivity contribution is 0.188. The average molecular weight is 349 g/mol. The van der Waals surface area contributed by atoms with Crippen molar-refractivity contribution >= 4 is 25.4 Å². The predicted molar refractivity (Wildman–Crippen MR) is 86.1 cm³/mol. The maximum Gasteiger partial charge on any atom is 0.469 e. The van der Waals surface area contributed by atoms with Gasteiger partial charge in [0.05, 0.1) is 17.9 Å². The summed E-state index contributed by atoms with van der Waals surface area (Å²) in [6.07, 6.45) is 4.17. The minimum absolute atomic E-state index is 0.0911. The van der Waals surface area contributed by atoms with E-state index in [1.54, 1.807) is 18.7 Å². The van der Waals surface area contributed by atoms with Gasteiger partial charge in [0.1, 0.15) is 11.6 Å². The van der Waals surface area contributed by atoms with Gasteiger partial charge >= 0.3 is 7.82 Å². The summed E-state index contributed by atoms with van der Waals surface area (Å²) in [4.78, 5) is 25.7. The summed E-state index contributed by atoms with van der Waals surface area (Å²) in [6.45, 7) is 1.65. The first kappa shape index (κ1) is 18.9. The van der Waals surface area contributed by atoms with Crippen LogP contribution in [0.15, 0.2) is 11.2 Å². The monoisotopic (exact) mass is 349 g/mol. The second kappa shape index (κ2) is 8.50. The molecule has 10 heteroatoms. The third kappa shape index (κ3) is 5.94. The molecule has 0 amide bonds. The molecule has 1 heterocycles. The lowest BCUT2D eigenvalue weighted by Gasteiger charge is -2.13. The number of hydrogen-bond donors (Lipinski definition) is 4. The van der Waals surface area contributed by atoms with E-state index in [4.69, 9.17) is 15.5 Å². The van der Waals surface area contributed by atoms with Gasteiger partial charge in [0.2, 0.25) is 0 Å². The molecule has 1 aromatic heterocycles. The normalized spacial score (nSPS) is 12.6. The van der Waals surface area contributed by atoms with Crippen molar-refractivity contribution in [2.45, 2.75) is 20.0 Å². The van der Waals surface area contributed by atoms with Gasteiger partial charge in [-0.05, 0) is 25.4 Å². The number of phosphoric ester groups is 1. The molecule has 8 nitrogen and oxygen atoms in total. The van der Waals surface area contributed by atoms with Crippen LogP contribution in [0, 0.1) is 6.92 Å². The smallest absolute Gasteiger partial charge is 0.469 e. The van der Waals surface area contributed by atoms with E-state index in [-0.39, 0.29) is 22.7 Å². The summed E-state index contributed by atoms with van der Waals surface area (Å²) >= 11 is 1.69. The van der Waals surface area contributed by atoms with Gasteiger partial charge in [0, 0.05) is 18.3 Å². The molecule has 0 radical (unpaired) electrons. The lowest BCUT2D eigenvalue weighted by Crippen LogP contribution is -2.18. The first-order chi connectivity index (χ1) is 10.3. The van der Waals surface area contributed by atoms with Crippen LogP contribution >= 0.6 is 19.6 Å². The molecule has 124 valence electrons. The van der Waals surface area contributed by atoms with Crippen LogP contribution in [-0.4, -0.2) is 44.3 Å². The van der Waals surface area contributed by atoms with Crippen LogP contribution in [0.3, 0.4) is 0 Å². The quantitative estimate of drug-likeness (QED) is 0.237. The number of aryl methyl sites for hydroxylation is 1. The van der Waals surface area contributed by atoms with Gasteiger partial charge in [-0.25, -0.2) is 4.57 Å². The predicted octanol–water partition coefficient (Wildman–Crippen LogP) is 1.16. The highest BCUT2D eigenvalue weighted by Gasteiger charge is 2.19. The van der Waals surface area contributed by atoms with Gasteiger partial charge in [-0.2, -0.15) is 11.8 Å². The Morgan fingerprint density at radius 1 is 1.55 bits per heavy atom. The Kier molecular flexibility index (Phi) is 7.31. The molecule has 1 aromatic rings. The summed E-state index contributed by atoms with van der Waals surface area (Å²) in [6, 6.07) is 0. The summed E-state index contributed by atoms with van der Waals surface area (Å²) in [7, 11) is -4.63. The van der Waals surface area contributed by atoms with E-state index in [0.29, 0.717) is 12.2 Å². The van der Waals surface area contributed by atoms with Crippen molar-refractivity contribution in [2.75, 3.05) is 18.6 Å². The average Bonchev–Trinajstić information content (AvgIpc) is 2.43. The Labute approximate surface area is 133 Å². The molecule has 0 aromatic carbocycles. The topological polar surface area (TPSA) is 138 Å². The first-order valence-electron chi connectivity index (χ1n) is 6.43. The van der Waals surface area contributed by atoms with Crippen LogP contribution in [0.25, 0.3) is 0 Å². The molecular weight excluding hydrogens is 329 g/mol. The summed E-state index contributed by atoms with van der Waals surface area (Å²) < 4.78 is 15.3. The Morgan fingerprint density at radius 2 is 2.23 bits per heavy atom. The van der Waals surface area contributed by atoms with E-state index in [9.17, 15) is 9.67 Å². The van der Waals surface area contributed by atoms with Crippen molar-refractivity contribution in [2.24, 2.45) is 10.7 Å². The number of amidine groups is 1. The van der Waals surface area contributed by atoms with E-state index in [0.717, 1.165) is 12.2 Å². The third-order valence-corrected chi connectivity index (χ3v) is 3.91. The first-order valence-corrected chi connectivity index (χ1v) is 9.35. The largest absolute Gasteiger partial charge is 0.505 e. The molecule has 1 rings (SSSR count). The zero-order valence-corrected chi connectivity index (χ0v) is 14.1. The molecule has 0 spiro atoms. The molecule has 5 N–H and O–H groups in total. The van der Waals surface area contributed by atoms with Crippen LogP contribution in [0.5, 0.6) is 5.75 Å². The number of phosphoric acid groups is 1. The number of rotatable bonds is 8. The highest BCUT2D eigenvalue weighted by Crippen LogP contribution is 2.38. The summed E-state index contributed by atoms with van der Waals surface area (Å²) in [5, 5.41) is 10.1. The number of nitrogens with zero attached hydrogens (tertiary/aromatic N) is 2. The number of nitrogens with two attached hydrogens (primary N) is 1. The minimum Gasteiger partial charge on any atom is -0.505 e. The number of aromatic nitrogens is 1. The van der Waals surface area contributed by atoms with Crippen molar-refractivity contribution in [3.8, 4) is 5.75 Å². The summed E-state index contributed by atoms with van der Waals surface area (Å²) in [5.41, 5.74) is 6.70. The van der Waals surface area contributed by atoms with Gasteiger partial charge < -0.3 is 20.6 Å². The van der Waals surface area contributed by atoms with Crippen molar-refractivity contribution in [1.29, 1.82) is 0 Å². The lowest BCUT2D eigenvalue weighted by atomic mass is 10.1. The molecule has 0 unspecified atom stereocenters. The highest BCUT2D eigenvalue weighted by atomic mass is 32.2. The zero-order valence-electron chi connectivity index (χ0n) is 12.4. The zero-order chi connectivity index (χ0) is 16.8. The third-order valence-electron chi connectivity index (χ3n) is 2.75. The Bertz CT molecular complexity index is 590. The highest BCUT2D eigenvalue weighted by molar-refractivity contribution is 7.98. The maximum absolute atomic E-state index is 10.8. The number of aromatic hydroxyl groups is 1. The minimum atomic E-state index is -4.63. The van der Waals surface area contributed by atoms with Crippen molar-refractivity contribution in [3.63, 3.8) is 0 Å². The number of pyridine rings is 1. The van der Waals surface area contributed by atoms with E-state index < -0.39 is 14.4 Å². The maximum atomic E-state index is 10.8. The van der Waals surface area contributed by atoms with Crippen molar-refractivity contribution in [3.05, 3.63) is 23.0 Å². The van der Waals surface area contributed by atoms with Gasteiger partial charge in [-0.3, -0.25) is 14.5 Å². The Hall–Kier alpha value is -1.12. The summed E-state index contributed by atoms with van der Waals surface area (Å²) in [5.74, 6) is 0.859. The number of aliphatic imine (C=N–C) groups is 1. The van der Waals surface area contributed by atoms with Gasteiger partial charge in [-0.15, -0.1) is 0 Å². The fourth-order valence-corrected chi connectivity index (χ4v) is 2.39. The molecule has 0 aliphatic carbocycles. The fourth-order valence-electron chi connectivity index (χ4n) is 1.67. The van der Waals surface area contributed by atoms with E-state index >= 15 is 0 Å². The van der Waals surface area contributed by atoms with E-state index in [1.165, 1.54) is 6.20 Å². The molecule has 0 aliphatic rings. The van der Waals surface area contributed by atoms with Crippen LogP contribution in [0.4, 0.5) is 0 Å². The van der Waals surface area contributed by atoms with E-state index in [1.807, 2.05) is 6.26 Å². The second-order valence-electron chi connectivity index (χ2n) is 4.47. The van der Waals surface area contributed by atoms with Gasteiger partial charge in [-0.1, -0.05) is 0 Å². The van der Waals surface area contributed by atoms with Crippen LogP contribution in [0.2, 0.25) is 0 Å². The molecule has 0 bridgehead atoms. The Balaban J connectivity index is 3.03. The van der Waals surface area contributed by atoms with Crippen LogP contribution in [-0.2, 0) is 15.7 Å². The van der Waals surface area contributed by atoms with Crippen LogP contribution in [0.1, 0.15) is 23.2 Å². The standard InChI is InChI=1S/C12H20N3O5PS/c1-8-11(16)10(12(13)14-4-3-5-22-2)9(6-15-8)7-20-21(17,18)19/h6,16H,3-5,7H2,1-2H3,(H2,13,14)(H2,17,18,19). The van der Waals surface area contributed by atoms with Crippen molar-refractivity contribution < 1.29 is 24.0 Å². The van der Waals surface area contributed by atoms with E-state index in [2.05, 4.69) is 14.5 Å². The second-order valence-corrected chi connectivity index (χ2v) is 6.69. The fraction of sp³-hybridized carbons (Fsp3) is 0.500. The van der Waals surface area contributed by atoms with Gasteiger partial charge in [0.15, 0.2) is 0 Å². The van der Waals surface area contributed by atoms with Crippen LogP contribution < -0.4 is 5.73 Å². The molecule has 0 saturated carbocycles. The SMILES string of the molecule is CSCCCN=C(N)c1c(COP(=O)(O)O)cnc(C)c1O. The molecule has 0 aliphatic heterocycles. The molecule has 22 heavy (non-hydrogen) atoms. The molecule has 0 saturated heterocycles. The number of thioether (sulfide) groups is 1. The Morgan fingerprint density at radius 3 is 2.82 bits per heavy atom. The molecule has 0 atom stereocenters. The van der Waals surface area contributed by atoms with Gasteiger partial charge in [0.25, 0.3) is 0 Å². The van der Waals surface area contributed by atoms with Crippen molar-refractivity contribution in [1.82, 2.24) is 4.98 Å².